The Morgan fingerprint density at radius 3 is 2.37 bits per heavy atom. The fraction of sp³-hybridized carbons (Fsp3) is 0.524. The Labute approximate surface area is 181 Å². The lowest BCUT2D eigenvalue weighted by atomic mass is 10.1. The number of carbonyl (C=O) groups excluding carboxylic acids is 1. The molecule has 2 heterocycles. The van der Waals surface area contributed by atoms with E-state index in [-0.39, 0.29) is 24.5 Å². The lowest BCUT2D eigenvalue weighted by Crippen LogP contribution is -2.44. The van der Waals surface area contributed by atoms with Crippen molar-refractivity contribution < 1.29 is 23.7 Å². The van der Waals surface area contributed by atoms with Gasteiger partial charge in [0.1, 0.15) is 0 Å². The normalized spacial score (nSPS) is 19.4. The maximum atomic E-state index is 12.5. The Kier molecular flexibility index (Phi) is 7.52. The molecule has 1 N–H and O–H groups in total. The van der Waals surface area contributed by atoms with E-state index in [0.717, 1.165) is 30.9 Å². The van der Waals surface area contributed by atoms with Crippen molar-refractivity contribution in [3.05, 3.63) is 28.8 Å². The first-order chi connectivity index (χ1) is 14.4. The van der Waals surface area contributed by atoms with Crippen LogP contribution >= 0.6 is 11.3 Å². The van der Waals surface area contributed by atoms with Gasteiger partial charge in [0.2, 0.25) is 11.7 Å². The number of nitrogens with zero attached hydrogens (tertiary/aromatic N) is 2. The lowest BCUT2D eigenvalue weighted by Gasteiger charge is -2.34. The number of nitrogens with one attached hydrogen (secondary N) is 1. The predicted octanol–water partition coefficient (Wildman–Crippen LogP) is 2.96. The van der Waals surface area contributed by atoms with Gasteiger partial charge in [-0.05, 0) is 31.5 Å². The fourth-order valence-corrected chi connectivity index (χ4v) is 4.38. The van der Waals surface area contributed by atoms with Gasteiger partial charge < -0.3 is 24.3 Å². The zero-order chi connectivity index (χ0) is 21.7. The van der Waals surface area contributed by atoms with E-state index < -0.39 is 0 Å². The van der Waals surface area contributed by atoms with E-state index >= 15 is 0 Å². The van der Waals surface area contributed by atoms with Crippen LogP contribution < -0.4 is 19.5 Å². The molecule has 164 valence electrons. The van der Waals surface area contributed by atoms with Crippen molar-refractivity contribution in [2.45, 2.75) is 39.0 Å². The molecule has 1 aromatic carbocycles. The van der Waals surface area contributed by atoms with Gasteiger partial charge in [-0.25, -0.2) is 4.98 Å². The maximum Gasteiger partial charge on any atom is 0.230 e. The summed E-state index contributed by atoms with van der Waals surface area (Å²) in [5.74, 6) is 1.38. The topological polar surface area (TPSA) is 82.2 Å². The second-order valence-corrected chi connectivity index (χ2v) is 8.21. The van der Waals surface area contributed by atoms with E-state index in [1.165, 1.54) is 11.3 Å². The predicted molar refractivity (Wildman–Crippen MR) is 116 cm³/mol. The van der Waals surface area contributed by atoms with Crippen molar-refractivity contribution in [2.24, 2.45) is 0 Å². The van der Waals surface area contributed by atoms with Crippen LogP contribution in [-0.2, 0) is 22.5 Å². The van der Waals surface area contributed by atoms with E-state index in [1.54, 1.807) is 33.5 Å². The summed E-state index contributed by atoms with van der Waals surface area (Å²) in [7, 11) is 4.65. The number of methoxy groups -OCH3 is 3. The number of thiazole rings is 1. The number of aromatic nitrogens is 1. The van der Waals surface area contributed by atoms with E-state index in [1.807, 2.05) is 5.38 Å². The van der Waals surface area contributed by atoms with E-state index in [9.17, 15) is 4.79 Å². The summed E-state index contributed by atoms with van der Waals surface area (Å²) in [5, 5.41) is 5.46. The second kappa shape index (κ2) is 10.1. The average Bonchev–Trinajstić information content (AvgIpc) is 3.12. The summed E-state index contributed by atoms with van der Waals surface area (Å²) in [5.41, 5.74) is 1.71. The van der Waals surface area contributed by atoms with E-state index in [2.05, 4.69) is 29.0 Å². The third-order valence-corrected chi connectivity index (χ3v) is 5.57. The summed E-state index contributed by atoms with van der Waals surface area (Å²) < 4.78 is 21.8. The van der Waals surface area contributed by atoms with Crippen LogP contribution in [0.2, 0.25) is 0 Å². The molecule has 0 spiro atoms. The molecule has 1 aromatic heterocycles. The van der Waals surface area contributed by atoms with Crippen LogP contribution in [0.3, 0.4) is 0 Å². The molecule has 2 aromatic rings. The summed E-state index contributed by atoms with van der Waals surface area (Å²) >= 11 is 1.43. The van der Waals surface area contributed by atoms with Crippen molar-refractivity contribution >= 4 is 22.4 Å². The molecule has 1 aliphatic rings. The van der Waals surface area contributed by atoms with Gasteiger partial charge in [0.05, 0.1) is 45.7 Å². The summed E-state index contributed by atoms with van der Waals surface area (Å²) in [6.45, 7) is 6.67. The molecule has 2 atom stereocenters. The van der Waals surface area contributed by atoms with Gasteiger partial charge in [0, 0.05) is 25.0 Å². The van der Waals surface area contributed by atoms with Crippen molar-refractivity contribution in [3.63, 3.8) is 0 Å². The molecule has 3 rings (SSSR count). The first-order valence-corrected chi connectivity index (χ1v) is 10.7. The lowest BCUT2D eigenvalue weighted by molar-refractivity contribution is -0.115. The third kappa shape index (κ3) is 5.62. The fourth-order valence-electron chi connectivity index (χ4n) is 3.67. The van der Waals surface area contributed by atoms with Crippen molar-refractivity contribution in [3.8, 4) is 17.2 Å². The van der Waals surface area contributed by atoms with Gasteiger partial charge in [-0.3, -0.25) is 9.69 Å². The molecule has 1 saturated heterocycles. The minimum atomic E-state index is -0.154. The largest absolute Gasteiger partial charge is 0.493 e. The first kappa shape index (κ1) is 22.3. The molecule has 0 aliphatic carbocycles. The van der Waals surface area contributed by atoms with Gasteiger partial charge in [0.15, 0.2) is 16.6 Å². The number of hydrogen-bond donors (Lipinski definition) is 1. The van der Waals surface area contributed by atoms with Gasteiger partial charge in [-0.15, -0.1) is 11.3 Å². The SMILES string of the molecule is COc1cc(CC(=O)Nc2nc(CN3C[C@@H](C)O[C@H](C)C3)cs2)cc(OC)c1OC. The average molecular weight is 436 g/mol. The highest BCUT2D eigenvalue weighted by atomic mass is 32.1. The number of amides is 1. The summed E-state index contributed by atoms with van der Waals surface area (Å²) in [6, 6.07) is 3.55. The highest BCUT2D eigenvalue weighted by Gasteiger charge is 2.23. The quantitative estimate of drug-likeness (QED) is 0.683. The molecule has 9 heteroatoms. The molecule has 1 fully saturated rings. The Balaban J connectivity index is 1.61. The number of morpholine rings is 1. The minimum Gasteiger partial charge on any atom is -0.493 e. The molecular weight excluding hydrogens is 406 g/mol. The second-order valence-electron chi connectivity index (χ2n) is 7.35. The van der Waals surface area contributed by atoms with Crippen LogP contribution in [0.5, 0.6) is 17.2 Å². The van der Waals surface area contributed by atoms with Crippen LogP contribution in [0.4, 0.5) is 5.13 Å². The third-order valence-electron chi connectivity index (χ3n) is 4.77. The number of anilines is 1. The van der Waals surface area contributed by atoms with Crippen LogP contribution in [0.15, 0.2) is 17.5 Å². The van der Waals surface area contributed by atoms with E-state index in [4.69, 9.17) is 18.9 Å². The Morgan fingerprint density at radius 1 is 1.17 bits per heavy atom. The highest BCUT2D eigenvalue weighted by Crippen LogP contribution is 2.38. The maximum absolute atomic E-state index is 12.5. The molecule has 1 aliphatic heterocycles. The molecule has 0 radical (unpaired) electrons. The monoisotopic (exact) mass is 435 g/mol. The Morgan fingerprint density at radius 2 is 1.80 bits per heavy atom. The number of rotatable bonds is 8. The zero-order valence-corrected chi connectivity index (χ0v) is 18.9. The van der Waals surface area contributed by atoms with Gasteiger partial charge in [-0.1, -0.05) is 0 Å². The molecule has 0 bridgehead atoms. The van der Waals surface area contributed by atoms with Gasteiger partial charge >= 0.3 is 0 Å². The summed E-state index contributed by atoms with van der Waals surface area (Å²) in [6.07, 6.45) is 0.597. The van der Waals surface area contributed by atoms with Gasteiger partial charge in [-0.2, -0.15) is 0 Å². The number of ether oxygens (including phenoxy) is 4. The smallest absolute Gasteiger partial charge is 0.230 e. The van der Waals surface area contributed by atoms with Crippen LogP contribution in [0.25, 0.3) is 0 Å². The number of carbonyl (C=O) groups is 1. The standard InChI is InChI=1S/C21H29N3O5S/c1-13-9-24(10-14(2)29-13)11-16-12-30-21(22-16)23-19(25)8-15-6-17(26-3)20(28-5)18(7-15)27-4/h6-7,12-14H,8-11H2,1-5H3,(H,22,23,25)/t13-,14-/m1/s1. The van der Waals surface area contributed by atoms with Crippen molar-refractivity contribution in [1.29, 1.82) is 0 Å². The van der Waals surface area contributed by atoms with Crippen LogP contribution in [-0.4, -0.2) is 62.4 Å². The number of benzene rings is 1. The van der Waals surface area contributed by atoms with Crippen molar-refractivity contribution in [2.75, 3.05) is 39.7 Å². The molecule has 8 nitrogen and oxygen atoms in total. The van der Waals surface area contributed by atoms with E-state index in [0.29, 0.717) is 22.4 Å². The molecule has 0 unspecified atom stereocenters. The highest BCUT2D eigenvalue weighted by molar-refractivity contribution is 7.13. The van der Waals surface area contributed by atoms with Crippen molar-refractivity contribution in [1.82, 2.24) is 9.88 Å². The minimum absolute atomic E-state index is 0.154. The van der Waals surface area contributed by atoms with Crippen LogP contribution in [0.1, 0.15) is 25.1 Å². The van der Waals surface area contributed by atoms with Gasteiger partial charge in [0.25, 0.3) is 0 Å². The summed E-state index contributed by atoms with van der Waals surface area (Å²) in [4.78, 5) is 19.4. The Bertz CT molecular complexity index is 837. The molecule has 30 heavy (non-hydrogen) atoms. The molecule has 0 saturated carbocycles. The zero-order valence-electron chi connectivity index (χ0n) is 18.1. The Hall–Kier alpha value is -2.36. The first-order valence-electron chi connectivity index (χ1n) is 9.82. The molecule has 1 amide bonds. The molecular formula is C21H29N3O5S. The van der Waals surface area contributed by atoms with Crippen LogP contribution in [0, 0.1) is 0 Å². The number of hydrogen-bond acceptors (Lipinski definition) is 8.